The van der Waals surface area contributed by atoms with Gasteiger partial charge < -0.3 is 9.47 Å². The van der Waals surface area contributed by atoms with Crippen molar-refractivity contribution in [2.45, 2.75) is 207 Å². The van der Waals surface area contributed by atoms with E-state index in [1.807, 2.05) is 0 Å². The molecule has 0 fully saturated rings. The number of unbranched alkanes of at least 4 members (excludes halogenated alkanes) is 22. The molecule has 0 heterocycles. The molecule has 0 amide bonds. The van der Waals surface area contributed by atoms with Crippen molar-refractivity contribution >= 4 is 11.9 Å². The van der Waals surface area contributed by atoms with E-state index in [1.54, 1.807) is 0 Å². The van der Waals surface area contributed by atoms with Crippen LogP contribution in [-0.4, -0.2) is 11.9 Å². The van der Waals surface area contributed by atoms with Crippen LogP contribution in [-0.2, 0) is 19.1 Å². The summed E-state index contributed by atoms with van der Waals surface area (Å²) in [4.78, 5) is 23.7. The van der Waals surface area contributed by atoms with E-state index >= 15 is 0 Å². The molecule has 0 unspecified atom stereocenters. The molecule has 0 spiro atoms. The second-order valence-electron chi connectivity index (χ2n) is 13.6. The average molecular weight is 593 g/mol. The van der Waals surface area contributed by atoms with Crippen LogP contribution in [0.2, 0.25) is 0 Å². The summed E-state index contributed by atoms with van der Waals surface area (Å²) in [6, 6.07) is 0. The first-order chi connectivity index (χ1) is 20.4. The summed E-state index contributed by atoms with van der Waals surface area (Å²) in [7, 11) is 0. The van der Waals surface area contributed by atoms with Crippen LogP contribution >= 0.6 is 0 Å². The molecule has 0 rings (SSSR count). The summed E-state index contributed by atoms with van der Waals surface area (Å²) >= 11 is 0. The van der Waals surface area contributed by atoms with Gasteiger partial charge in [-0.1, -0.05) is 182 Å². The number of rotatable bonds is 32. The van der Waals surface area contributed by atoms with Crippen molar-refractivity contribution in [1.29, 1.82) is 0 Å². The molecule has 0 aliphatic rings. The second kappa shape index (κ2) is 32.6. The third-order valence-corrected chi connectivity index (χ3v) is 8.28. The maximum atomic E-state index is 11.8. The Hall–Kier alpha value is -1.32. The Morgan fingerprint density at radius 3 is 0.833 bits per heavy atom. The van der Waals surface area contributed by atoms with Crippen molar-refractivity contribution < 1.29 is 19.1 Å². The van der Waals surface area contributed by atoms with E-state index in [4.69, 9.17) is 9.47 Å². The van der Waals surface area contributed by atoms with Crippen molar-refractivity contribution in [1.82, 2.24) is 0 Å². The molecule has 0 saturated carbocycles. The second-order valence-corrected chi connectivity index (χ2v) is 13.6. The first kappa shape index (κ1) is 40.7. The lowest BCUT2D eigenvalue weighted by molar-refractivity contribution is -0.141. The van der Waals surface area contributed by atoms with E-state index in [2.05, 4.69) is 27.7 Å². The van der Waals surface area contributed by atoms with Crippen LogP contribution in [0.1, 0.15) is 207 Å². The highest BCUT2D eigenvalue weighted by Crippen LogP contribution is 2.16. The number of hydrogen-bond donors (Lipinski definition) is 0. The summed E-state index contributed by atoms with van der Waals surface area (Å²) in [6.45, 7) is 9.25. The van der Waals surface area contributed by atoms with E-state index < -0.39 is 0 Å². The van der Waals surface area contributed by atoms with E-state index in [0.717, 1.165) is 37.5 Å². The fraction of sp³-hybridized carbons (Fsp3) is 0.895. The van der Waals surface area contributed by atoms with Gasteiger partial charge in [0.05, 0.1) is 0 Å². The third kappa shape index (κ3) is 34.9. The minimum absolute atomic E-state index is 0.252. The molecular weight excluding hydrogens is 520 g/mol. The first-order valence-corrected chi connectivity index (χ1v) is 18.5. The number of esters is 2. The highest BCUT2D eigenvalue weighted by molar-refractivity contribution is 5.70. The number of hydrogen-bond acceptors (Lipinski definition) is 4. The largest absolute Gasteiger partial charge is 0.431 e. The van der Waals surface area contributed by atoms with Crippen molar-refractivity contribution in [2.24, 2.45) is 11.8 Å². The lowest BCUT2D eigenvalue weighted by Crippen LogP contribution is -2.01. The topological polar surface area (TPSA) is 52.6 Å². The van der Waals surface area contributed by atoms with E-state index in [-0.39, 0.29) is 11.9 Å². The van der Waals surface area contributed by atoms with Crippen molar-refractivity contribution in [3.63, 3.8) is 0 Å². The Morgan fingerprint density at radius 2 is 0.595 bits per heavy atom. The molecule has 0 aromatic heterocycles. The maximum Gasteiger partial charge on any atom is 0.310 e. The van der Waals surface area contributed by atoms with Crippen LogP contribution in [0, 0.1) is 11.8 Å². The predicted molar refractivity (Wildman–Crippen MR) is 180 cm³/mol. The fourth-order valence-corrected chi connectivity index (χ4v) is 5.50. The van der Waals surface area contributed by atoms with E-state index in [9.17, 15) is 9.59 Å². The van der Waals surface area contributed by atoms with Gasteiger partial charge in [-0.2, -0.15) is 0 Å². The van der Waals surface area contributed by atoms with Crippen LogP contribution in [0.5, 0.6) is 0 Å². The first-order valence-electron chi connectivity index (χ1n) is 18.5. The summed E-state index contributed by atoms with van der Waals surface area (Å²) < 4.78 is 10.1. The van der Waals surface area contributed by atoms with Gasteiger partial charge in [0.15, 0.2) is 0 Å². The summed E-state index contributed by atoms with van der Waals surface area (Å²) in [6.07, 6.45) is 36.8. The Balaban J connectivity index is 3.35. The Morgan fingerprint density at radius 1 is 0.381 bits per heavy atom. The minimum atomic E-state index is -0.252. The fourth-order valence-electron chi connectivity index (χ4n) is 5.50. The Labute approximate surface area is 262 Å². The SMILES string of the molecule is CC(C)CCCCCCCCCCCCCCC(=O)OC=COC(=O)CCCCCCCCCCCCCCC(C)C. The molecule has 0 atom stereocenters. The van der Waals surface area contributed by atoms with Gasteiger partial charge in [0, 0.05) is 12.8 Å². The van der Waals surface area contributed by atoms with E-state index in [1.165, 1.54) is 154 Å². The van der Waals surface area contributed by atoms with E-state index in [0.29, 0.717) is 12.8 Å². The molecular formula is C38H72O4. The number of carbonyl (C=O) groups is 2. The molecule has 0 aromatic rings. The van der Waals surface area contributed by atoms with Gasteiger partial charge in [-0.05, 0) is 24.7 Å². The standard InChI is InChI=1S/C38H72O4/c1-35(2)29-25-21-17-13-9-5-7-11-15-19-23-27-31-37(39)41-33-34-42-38(40)32-28-24-20-16-12-8-6-10-14-18-22-26-30-36(3)4/h33-36H,5-32H2,1-4H3. The zero-order valence-corrected chi connectivity index (χ0v) is 28.7. The molecule has 0 aromatic carbocycles. The predicted octanol–water partition coefficient (Wildman–Crippen LogP) is 12.8. The molecule has 42 heavy (non-hydrogen) atoms. The molecule has 4 heteroatoms. The molecule has 0 saturated heterocycles. The summed E-state index contributed by atoms with van der Waals surface area (Å²) in [5.74, 6) is 1.19. The number of carbonyl (C=O) groups excluding carboxylic acids is 2. The van der Waals surface area contributed by atoms with Gasteiger partial charge in [-0.25, -0.2) is 0 Å². The van der Waals surface area contributed by atoms with Gasteiger partial charge in [0.25, 0.3) is 0 Å². The zero-order valence-electron chi connectivity index (χ0n) is 28.7. The molecule has 0 radical (unpaired) electrons. The van der Waals surface area contributed by atoms with Crippen molar-refractivity contribution in [2.75, 3.05) is 0 Å². The van der Waals surface area contributed by atoms with Gasteiger partial charge in [0.2, 0.25) is 0 Å². The summed E-state index contributed by atoms with van der Waals surface area (Å²) in [5, 5.41) is 0. The van der Waals surface area contributed by atoms with Crippen LogP contribution in [0.3, 0.4) is 0 Å². The highest BCUT2D eigenvalue weighted by atomic mass is 16.6. The lowest BCUT2D eigenvalue weighted by Gasteiger charge is -2.05. The van der Waals surface area contributed by atoms with Gasteiger partial charge in [-0.3, -0.25) is 9.59 Å². The molecule has 0 N–H and O–H groups in total. The molecule has 4 nitrogen and oxygen atoms in total. The molecule has 0 aliphatic carbocycles. The smallest absolute Gasteiger partial charge is 0.310 e. The average Bonchev–Trinajstić information content (AvgIpc) is 2.95. The van der Waals surface area contributed by atoms with Crippen LogP contribution in [0.15, 0.2) is 12.5 Å². The van der Waals surface area contributed by atoms with Crippen LogP contribution < -0.4 is 0 Å². The monoisotopic (exact) mass is 593 g/mol. The van der Waals surface area contributed by atoms with Crippen LogP contribution in [0.4, 0.5) is 0 Å². The Bertz CT molecular complexity index is 558. The number of ether oxygens (including phenoxy) is 2. The minimum Gasteiger partial charge on any atom is -0.431 e. The third-order valence-electron chi connectivity index (χ3n) is 8.28. The van der Waals surface area contributed by atoms with Gasteiger partial charge in [0.1, 0.15) is 12.5 Å². The summed E-state index contributed by atoms with van der Waals surface area (Å²) in [5.41, 5.74) is 0. The zero-order chi connectivity index (χ0) is 30.9. The van der Waals surface area contributed by atoms with Crippen molar-refractivity contribution in [3.8, 4) is 0 Å². The molecule has 248 valence electrons. The highest BCUT2D eigenvalue weighted by Gasteiger charge is 2.03. The Kier molecular flexibility index (Phi) is 31.6. The lowest BCUT2D eigenvalue weighted by atomic mass is 10.0. The maximum absolute atomic E-state index is 11.8. The quantitative estimate of drug-likeness (QED) is 0.0443. The van der Waals surface area contributed by atoms with Crippen molar-refractivity contribution in [3.05, 3.63) is 12.5 Å². The van der Waals surface area contributed by atoms with Crippen LogP contribution in [0.25, 0.3) is 0 Å². The molecule has 0 aliphatic heterocycles. The normalized spacial score (nSPS) is 11.7. The van der Waals surface area contributed by atoms with Gasteiger partial charge in [-0.15, -0.1) is 0 Å². The van der Waals surface area contributed by atoms with Gasteiger partial charge >= 0.3 is 11.9 Å². The molecule has 0 bridgehead atoms.